The quantitative estimate of drug-likeness (QED) is 0.505. The summed E-state index contributed by atoms with van der Waals surface area (Å²) < 4.78 is 0.888. The molecule has 2 aromatic rings. The predicted molar refractivity (Wildman–Crippen MR) is 70.4 cm³/mol. The molecule has 0 spiro atoms. The van der Waals surface area contributed by atoms with Gasteiger partial charge in [0.05, 0.1) is 10.8 Å². The monoisotopic (exact) mass is 259 g/mol. The summed E-state index contributed by atoms with van der Waals surface area (Å²) in [5, 5.41) is 27.1. The molecule has 2 rings (SSSR count). The third-order valence-corrected chi connectivity index (χ3v) is 2.52. The van der Waals surface area contributed by atoms with Crippen LogP contribution in [0.3, 0.4) is 0 Å². The Hall–Kier alpha value is -2.63. The van der Waals surface area contributed by atoms with Crippen LogP contribution in [-0.2, 0) is 0 Å². The van der Waals surface area contributed by atoms with Crippen molar-refractivity contribution in [1.29, 1.82) is 0 Å². The minimum Gasteiger partial charge on any atom is -0.508 e. The first-order valence-electron chi connectivity index (χ1n) is 5.70. The van der Waals surface area contributed by atoms with E-state index in [1.165, 1.54) is 6.20 Å². The molecule has 2 N–H and O–H groups in total. The van der Waals surface area contributed by atoms with Crippen molar-refractivity contribution in [2.24, 2.45) is 10.2 Å². The predicted octanol–water partition coefficient (Wildman–Crippen LogP) is 2.40. The molecule has 0 saturated carbocycles. The van der Waals surface area contributed by atoms with Gasteiger partial charge in [0.15, 0.2) is 0 Å². The molecular weight excluding hydrogens is 244 g/mol. The molecule has 0 unspecified atom stereocenters. The highest BCUT2D eigenvalue weighted by atomic mass is 16.5. The third-order valence-electron chi connectivity index (χ3n) is 2.52. The molecule has 0 amide bonds. The molecule has 6 heteroatoms. The van der Waals surface area contributed by atoms with Crippen molar-refractivity contribution in [2.75, 3.05) is 19.0 Å². The highest BCUT2D eigenvalue weighted by Gasteiger charge is 2.10. The van der Waals surface area contributed by atoms with Crippen LogP contribution in [0.25, 0.3) is 0 Å². The highest BCUT2D eigenvalue weighted by Crippen LogP contribution is 2.31. The minimum atomic E-state index is 0.166. The van der Waals surface area contributed by atoms with Gasteiger partial charge in [-0.1, -0.05) is 0 Å². The number of phenolic OH excluding ortho intramolecular Hbond substituents is 1. The van der Waals surface area contributed by atoms with Crippen LogP contribution in [-0.4, -0.2) is 24.4 Å². The molecular formula is C13H15N4O2+. The van der Waals surface area contributed by atoms with Crippen LogP contribution in [0.15, 0.2) is 52.8 Å². The zero-order chi connectivity index (χ0) is 13.8. The lowest BCUT2D eigenvalue weighted by Gasteiger charge is -2.13. The molecule has 0 bridgehead atoms. The zero-order valence-corrected chi connectivity index (χ0v) is 10.7. The molecule has 1 heterocycles. The van der Waals surface area contributed by atoms with E-state index < -0.39 is 0 Å². The number of phenols is 1. The molecule has 1 aromatic heterocycles. The van der Waals surface area contributed by atoms with E-state index in [0.29, 0.717) is 11.5 Å². The number of nitrogens with zero attached hydrogens (tertiary/aromatic N) is 4. The van der Waals surface area contributed by atoms with Gasteiger partial charge in [0.2, 0.25) is 0 Å². The van der Waals surface area contributed by atoms with Gasteiger partial charge in [0.1, 0.15) is 17.6 Å². The molecule has 0 aliphatic rings. The summed E-state index contributed by atoms with van der Waals surface area (Å²) in [7, 11) is 3.70. The molecule has 0 aliphatic carbocycles. The number of aromatic hydroxyl groups is 1. The van der Waals surface area contributed by atoms with Gasteiger partial charge in [-0.2, -0.15) is 0 Å². The number of hydrogen-bond donors (Lipinski definition) is 2. The van der Waals surface area contributed by atoms with Crippen molar-refractivity contribution < 1.29 is 15.0 Å². The first-order valence-corrected chi connectivity index (χ1v) is 5.70. The topological polar surface area (TPSA) is 72.3 Å². The van der Waals surface area contributed by atoms with Gasteiger partial charge in [-0.05, 0) is 34.1 Å². The van der Waals surface area contributed by atoms with Crippen molar-refractivity contribution in [3.63, 3.8) is 0 Å². The molecule has 0 aliphatic heterocycles. The van der Waals surface area contributed by atoms with E-state index >= 15 is 0 Å². The fourth-order valence-corrected chi connectivity index (χ4v) is 1.56. The van der Waals surface area contributed by atoms with Crippen LogP contribution in [0.1, 0.15) is 0 Å². The Labute approximate surface area is 110 Å². The van der Waals surface area contributed by atoms with Gasteiger partial charge < -0.3 is 15.2 Å². The van der Waals surface area contributed by atoms with Crippen molar-refractivity contribution in [3.05, 3.63) is 42.6 Å². The van der Waals surface area contributed by atoms with E-state index in [-0.39, 0.29) is 5.75 Å². The lowest BCUT2D eigenvalue weighted by Crippen LogP contribution is -2.28. The number of anilines is 1. The second kappa shape index (κ2) is 5.34. The molecule has 0 fully saturated rings. The van der Waals surface area contributed by atoms with Crippen molar-refractivity contribution in [3.8, 4) is 5.75 Å². The summed E-state index contributed by atoms with van der Waals surface area (Å²) in [6.07, 6.45) is 1.47. The zero-order valence-electron chi connectivity index (χ0n) is 10.7. The van der Waals surface area contributed by atoms with E-state index in [1.54, 1.807) is 36.4 Å². The summed E-state index contributed by atoms with van der Waals surface area (Å²) in [5.41, 5.74) is 1.34. The Morgan fingerprint density at radius 3 is 2.58 bits per heavy atom. The Morgan fingerprint density at radius 1 is 1.11 bits per heavy atom. The maximum atomic E-state index is 9.52. The summed E-state index contributed by atoms with van der Waals surface area (Å²) >= 11 is 0. The third kappa shape index (κ3) is 2.98. The molecule has 1 aromatic carbocycles. The lowest BCUT2D eigenvalue weighted by molar-refractivity contribution is -0.894. The number of azo groups is 1. The van der Waals surface area contributed by atoms with Crippen LogP contribution < -0.4 is 9.63 Å². The minimum absolute atomic E-state index is 0.166. The number of aromatic nitrogens is 1. The Morgan fingerprint density at radius 2 is 1.89 bits per heavy atom. The van der Waals surface area contributed by atoms with Gasteiger partial charge in [0.25, 0.3) is 0 Å². The van der Waals surface area contributed by atoms with E-state index in [4.69, 9.17) is 0 Å². The molecule has 0 saturated heterocycles. The fourth-order valence-electron chi connectivity index (χ4n) is 1.56. The average molecular weight is 259 g/mol. The van der Waals surface area contributed by atoms with Crippen LogP contribution >= 0.6 is 0 Å². The Bertz CT molecular complexity index is 611. The molecule has 0 radical (unpaired) electrons. The summed E-state index contributed by atoms with van der Waals surface area (Å²) in [6, 6.07) is 9.89. The normalized spacial score (nSPS) is 10.8. The molecule has 19 heavy (non-hydrogen) atoms. The number of hydrogen-bond acceptors (Lipinski definition) is 5. The van der Waals surface area contributed by atoms with Gasteiger partial charge in [-0.15, -0.1) is 0 Å². The Balaban J connectivity index is 2.36. The number of benzene rings is 1. The molecule has 98 valence electrons. The average Bonchev–Trinajstić information content (AvgIpc) is 2.38. The van der Waals surface area contributed by atoms with Crippen LogP contribution in [0, 0.1) is 0 Å². The van der Waals surface area contributed by atoms with Gasteiger partial charge >= 0.3 is 5.82 Å². The maximum Gasteiger partial charge on any atom is 0.388 e. The molecule has 6 nitrogen and oxygen atoms in total. The summed E-state index contributed by atoms with van der Waals surface area (Å²) in [5.74, 6) is 0.486. The van der Waals surface area contributed by atoms with Crippen molar-refractivity contribution >= 4 is 17.2 Å². The number of rotatable bonds is 3. The highest BCUT2D eigenvalue weighted by molar-refractivity contribution is 5.68. The maximum absolute atomic E-state index is 9.52. The van der Waals surface area contributed by atoms with E-state index in [1.807, 2.05) is 19.0 Å². The van der Waals surface area contributed by atoms with Gasteiger partial charge in [-0.3, -0.25) is 0 Å². The number of pyridine rings is 1. The van der Waals surface area contributed by atoms with Crippen LogP contribution in [0.2, 0.25) is 0 Å². The van der Waals surface area contributed by atoms with Crippen LogP contribution in [0.5, 0.6) is 5.75 Å². The second-order valence-electron chi connectivity index (χ2n) is 4.17. The van der Waals surface area contributed by atoms with Crippen molar-refractivity contribution in [2.45, 2.75) is 0 Å². The standard InChI is InChI=1S/C13H14N4O2/c1-16(2)12-9-10(18)6-7-11(12)14-15-13-5-3-4-8-17(13)19/h3-9,19H,1-2H3/p+1. The van der Waals surface area contributed by atoms with Gasteiger partial charge in [0, 0.05) is 26.2 Å². The van der Waals surface area contributed by atoms with E-state index in [9.17, 15) is 10.3 Å². The summed E-state index contributed by atoms with van der Waals surface area (Å²) in [6.45, 7) is 0. The van der Waals surface area contributed by atoms with E-state index in [2.05, 4.69) is 10.2 Å². The smallest absolute Gasteiger partial charge is 0.388 e. The molecule has 0 atom stereocenters. The first-order chi connectivity index (χ1) is 9.08. The SMILES string of the molecule is CN(C)c1cc(O)ccc1/N=N/c1cccc[n+]1O. The fraction of sp³-hybridized carbons (Fsp3) is 0.154. The first kappa shape index (κ1) is 12.8. The van der Waals surface area contributed by atoms with E-state index in [0.717, 1.165) is 10.4 Å². The Kier molecular flexibility index (Phi) is 3.61. The largest absolute Gasteiger partial charge is 0.508 e. The van der Waals surface area contributed by atoms with Crippen LogP contribution in [0.4, 0.5) is 17.2 Å². The lowest BCUT2D eigenvalue weighted by atomic mass is 10.2. The van der Waals surface area contributed by atoms with Crippen molar-refractivity contribution in [1.82, 2.24) is 0 Å². The van der Waals surface area contributed by atoms with Gasteiger partial charge in [-0.25, -0.2) is 0 Å². The summed E-state index contributed by atoms with van der Waals surface area (Å²) in [4.78, 5) is 1.83. The second-order valence-corrected chi connectivity index (χ2v) is 4.17.